The molecule has 0 bridgehead atoms. The van der Waals surface area contributed by atoms with Crippen molar-refractivity contribution in [2.45, 2.75) is 51.8 Å². The van der Waals surface area contributed by atoms with Gasteiger partial charge < -0.3 is 4.57 Å². The Balaban J connectivity index is 2.11. The van der Waals surface area contributed by atoms with Crippen LogP contribution in [0.4, 0.5) is 10.1 Å². The van der Waals surface area contributed by atoms with E-state index in [1.54, 1.807) is 32.0 Å². The lowest BCUT2D eigenvalue weighted by molar-refractivity contribution is 0.599. The average Bonchev–Trinajstić information content (AvgIpc) is 3.40. The molecule has 5 nitrogen and oxygen atoms in total. The molecule has 1 saturated carbocycles. The molecule has 0 radical (unpaired) electrons. The molecule has 7 heteroatoms. The first-order valence-electron chi connectivity index (χ1n) is 8.73. The van der Waals surface area contributed by atoms with E-state index in [-0.39, 0.29) is 23.0 Å². The van der Waals surface area contributed by atoms with Gasteiger partial charge >= 0.3 is 0 Å². The highest BCUT2D eigenvalue weighted by Crippen LogP contribution is 2.31. The summed E-state index contributed by atoms with van der Waals surface area (Å²) in [5, 5.41) is -0.381. The van der Waals surface area contributed by atoms with Crippen molar-refractivity contribution in [1.29, 1.82) is 0 Å². The zero-order valence-corrected chi connectivity index (χ0v) is 16.0. The molecule has 0 saturated heterocycles. The minimum Gasteiger partial charge on any atom is -0.310 e. The lowest BCUT2D eigenvalue weighted by Gasteiger charge is -2.19. The number of benzene rings is 1. The second-order valence-electron chi connectivity index (χ2n) is 6.86. The highest BCUT2D eigenvalue weighted by atomic mass is 32.2. The minimum absolute atomic E-state index is 0.137. The third-order valence-electron chi connectivity index (χ3n) is 4.68. The molecule has 0 spiro atoms. The molecule has 1 aromatic heterocycles. The number of hydrogen-bond acceptors (Lipinski definition) is 3. The monoisotopic (exact) mass is 378 g/mol. The van der Waals surface area contributed by atoms with Gasteiger partial charge in [0.2, 0.25) is 10.0 Å². The third kappa shape index (κ3) is 3.67. The fourth-order valence-corrected chi connectivity index (χ4v) is 4.45. The van der Waals surface area contributed by atoms with Gasteiger partial charge in [-0.1, -0.05) is 12.1 Å². The van der Waals surface area contributed by atoms with Gasteiger partial charge in [0.15, 0.2) is 0 Å². The molecule has 1 aliphatic carbocycles. The third-order valence-corrected chi connectivity index (χ3v) is 6.53. The molecule has 1 N–H and O–H groups in total. The Hall–Kier alpha value is -2.15. The summed E-state index contributed by atoms with van der Waals surface area (Å²) in [6.45, 7) is 5.64. The molecule has 0 aliphatic heterocycles. The topological polar surface area (TPSA) is 68.2 Å². The Bertz CT molecular complexity index is 1010. The van der Waals surface area contributed by atoms with Crippen molar-refractivity contribution in [2.24, 2.45) is 0 Å². The van der Waals surface area contributed by atoms with Gasteiger partial charge in [-0.2, -0.15) is 0 Å². The molecular weight excluding hydrogens is 355 g/mol. The smallest absolute Gasteiger partial charge is 0.253 e. The molecule has 0 unspecified atom stereocenters. The largest absolute Gasteiger partial charge is 0.310 e. The van der Waals surface area contributed by atoms with Crippen molar-refractivity contribution in [3.8, 4) is 0 Å². The number of nitrogens with zero attached hydrogens (tertiary/aromatic N) is 1. The number of rotatable bonds is 6. The number of nitrogens with one attached hydrogen (secondary N) is 1. The van der Waals surface area contributed by atoms with Crippen molar-refractivity contribution in [1.82, 2.24) is 4.57 Å². The normalized spacial score (nSPS) is 14.5. The Labute approximate surface area is 152 Å². The minimum atomic E-state index is -3.49. The maximum absolute atomic E-state index is 14.3. The van der Waals surface area contributed by atoms with Crippen molar-refractivity contribution in [3.05, 3.63) is 62.8 Å². The summed E-state index contributed by atoms with van der Waals surface area (Å²) in [4.78, 5) is 12.5. The Kier molecular flexibility index (Phi) is 4.92. The first-order valence-corrected chi connectivity index (χ1v) is 10.3. The molecule has 0 amide bonds. The van der Waals surface area contributed by atoms with E-state index in [0.717, 1.165) is 5.56 Å². The molecule has 1 heterocycles. The summed E-state index contributed by atoms with van der Waals surface area (Å²) in [6.07, 6.45) is 1.42. The summed E-state index contributed by atoms with van der Waals surface area (Å²) in [7, 11) is -3.49. The van der Waals surface area contributed by atoms with Crippen LogP contribution < -0.4 is 10.3 Å². The predicted octanol–water partition coefficient (Wildman–Crippen LogP) is 3.12. The van der Waals surface area contributed by atoms with E-state index in [0.29, 0.717) is 41.9 Å². The van der Waals surface area contributed by atoms with Gasteiger partial charge in [-0.3, -0.25) is 9.52 Å². The van der Waals surface area contributed by atoms with Crippen molar-refractivity contribution in [3.63, 3.8) is 0 Å². The number of aromatic nitrogens is 1. The summed E-state index contributed by atoms with van der Waals surface area (Å²) in [5.41, 5.74) is 2.33. The van der Waals surface area contributed by atoms with Crippen LogP contribution in [-0.4, -0.2) is 18.2 Å². The number of hydrogen-bond donors (Lipinski definition) is 1. The van der Waals surface area contributed by atoms with Crippen LogP contribution in [0.3, 0.4) is 0 Å². The van der Waals surface area contributed by atoms with E-state index in [1.165, 1.54) is 10.6 Å². The first kappa shape index (κ1) is 18.6. The van der Waals surface area contributed by atoms with Gasteiger partial charge in [0, 0.05) is 24.2 Å². The second-order valence-corrected chi connectivity index (χ2v) is 8.82. The SMILES string of the molecule is CCn1c(Cc2ccc(C)cc2F)c(NS(=O)(=O)C2CC2)cc(C)c1=O. The number of sulfonamides is 1. The number of pyridine rings is 1. The molecule has 1 aromatic carbocycles. The van der Waals surface area contributed by atoms with Gasteiger partial charge in [-0.05, 0) is 56.9 Å². The highest BCUT2D eigenvalue weighted by molar-refractivity contribution is 7.93. The van der Waals surface area contributed by atoms with E-state index < -0.39 is 10.0 Å². The van der Waals surface area contributed by atoms with Crippen molar-refractivity contribution in [2.75, 3.05) is 4.72 Å². The quantitative estimate of drug-likeness (QED) is 0.840. The van der Waals surface area contributed by atoms with Crippen LogP contribution in [0.5, 0.6) is 0 Å². The van der Waals surface area contributed by atoms with Crippen LogP contribution in [0.15, 0.2) is 29.1 Å². The molecule has 0 atom stereocenters. The van der Waals surface area contributed by atoms with Gasteiger partial charge in [0.05, 0.1) is 10.9 Å². The van der Waals surface area contributed by atoms with E-state index in [4.69, 9.17) is 0 Å². The van der Waals surface area contributed by atoms with E-state index in [1.807, 2.05) is 6.92 Å². The summed E-state index contributed by atoms with van der Waals surface area (Å²) >= 11 is 0. The standard InChI is InChI=1S/C19H23FN2O3S/c1-4-22-18(11-14-6-5-12(2)9-16(14)20)17(10-13(3)19(22)23)21-26(24,25)15-7-8-15/h5-6,9-10,15,21H,4,7-8,11H2,1-3H3. The van der Waals surface area contributed by atoms with Crippen LogP contribution in [0, 0.1) is 19.7 Å². The Morgan fingerprint density at radius 2 is 1.92 bits per heavy atom. The summed E-state index contributed by atoms with van der Waals surface area (Å²) in [5.74, 6) is -0.364. The van der Waals surface area contributed by atoms with Crippen LogP contribution in [0.1, 0.15) is 42.1 Å². The van der Waals surface area contributed by atoms with Crippen molar-refractivity contribution < 1.29 is 12.8 Å². The number of aryl methyl sites for hydroxylation is 2. The molecule has 1 fully saturated rings. The van der Waals surface area contributed by atoms with Crippen LogP contribution in [-0.2, 0) is 23.0 Å². The molecule has 1 aliphatic rings. The summed E-state index contributed by atoms with van der Waals surface area (Å²) < 4.78 is 43.3. The van der Waals surface area contributed by atoms with Gasteiger partial charge in [0.1, 0.15) is 5.82 Å². The maximum Gasteiger partial charge on any atom is 0.253 e. The zero-order valence-electron chi connectivity index (χ0n) is 15.2. The fourth-order valence-electron chi connectivity index (χ4n) is 3.05. The maximum atomic E-state index is 14.3. The van der Waals surface area contributed by atoms with Gasteiger partial charge in [-0.25, -0.2) is 12.8 Å². The van der Waals surface area contributed by atoms with E-state index in [9.17, 15) is 17.6 Å². The number of halogens is 1. The molecular formula is C19H23FN2O3S. The summed E-state index contributed by atoms with van der Waals surface area (Å²) in [6, 6.07) is 6.46. The lowest BCUT2D eigenvalue weighted by atomic mass is 10.0. The van der Waals surface area contributed by atoms with Crippen LogP contribution >= 0.6 is 0 Å². The van der Waals surface area contributed by atoms with Crippen LogP contribution in [0.2, 0.25) is 0 Å². The lowest BCUT2D eigenvalue weighted by Crippen LogP contribution is -2.28. The van der Waals surface area contributed by atoms with Gasteiger partial charge in [0.25, 0.3) is 5.56 Å². The highest BCUT2D eigenvalue weighted by Gasteiger charge is 2.36. The fraction of sp³-hybridized carbons (Fsp3) is 0.421. The number of anilines is 1. The van der Waals surface area contributed by atoms with Crippen LogP contribution in [0.25, 0.3) is 0 Å². The average molecular weight is 378 g/mol. The Morgan fingerprint density at radius 1 is 1.23 bits per heavy atom. The first-order chi connectivity index (χ1) is 12.2. The predicted molar refractivity (Wildman–Crippen MR) is 101 cm³/mol. The molecule has 26 heavy (non-hydrogen) atoms. The molecule has 2 aromatic rings. The van der Waals surface area contributed by atoms with E-state index in [2.05, 4.69) is 4.72 Å². The molecule has 3 rings (SSSR count). The van der Waals surface area contributed by atoms with Crippen molar-refractivity contribution >= 4 is 15.7 Å². The zero-order chi connectivity index (χ0) is 19.1. The second kappa shape index (κ2) is 6.87. The Morgan fingerprint density at radius 3 is 2.50 bits per heavy atom. The van der Waals surface area contributed by atoms with E-state index >= 15 is 0 Å². The molecule has 140 valence electrons. The van der Waals surface area contributed by atoms with Gasteiger partial charge in [-0.15, -0.1) is 0 Å².